The first-order chi connectivity index (χ1) is 19.3. The van der Waals surface area contributed by atoms with Crippen molar-refractivity contribution in [2.75, 3.05) is 26.2 Å². The first-order valence-corrected chi connectivity index (χ1v) is 13.6. The number of likely N-dealkylation sites (tertiary alicyclic amines) is 1. The maximum atomic E-state index is 13.1. The summed E-state index contributed by atoms with van der Waals surface area (Å²) < 4.78 is 0. The lowest BCUT2D eigenvalue weighted by Gasteiger charge is -2.31. The Morgan fingerprint density at radius 3 is 2.70 bits per heavy atom. The summed E-state index contributed by atoms with van der Waals surface area (Å²) in [4.78, 5) is 60.5. The molecular formula is C29H36N6O5. The summed E-state index contributed by atoms with van der Waals surface area (Å²) in [6.07, 6.45) is 5.35. The van der Waals surface area contributed by atoms with Crippen LogP contribution in [0.4, 0.5) is 0 Å². The molecule has 1 fully saturated rings. The molecule has 3 amide bonds. The average Bonchev–Trinajstić information content (AvgIpc) is 3.63. The summed E-state index contributed by atoms with van der Waals surface area (Å²) in [5, 5.41) is 16.8. The number of H-pyrrole nitrogens is 1. The number of carboxylic acid groups (broad SMARTS) is 1. The Hall–Kier alpha value is -4.25. The van der Waals surface area contributed by atoms with Gasteiger partial charge in [0.15, 0.2) is 0 Å². The highest BCUT2D eigenvalue weighted by Crippen LogP contribution is 2.23. The van der Waals surface area contributed by atoms with Gasteiger partial charge in [-0.05, 0) is 29.2 Å². The molecule has 212 valence electrons. The van der Waals surface area contributed by atoms with E-state index in [1.807, 2.05) is 52.3 Å². The highest BCUT2D eigenvalue weighted by molar-refractivity contribution is 5.87. The molecule has 1 aliphatic heterocycles. The zero-order valence-electron chi connectivity index (χ0n) is 22.6. The molecule has 3 aromatic rings. The molecule has 11 nitrogen and oxygen atoms in total. The first kappa shape index (κ1) is 28.8. The van der Waals surface area contributed by atoms with Crippen molar-refractivity contribution < 1.29 is 24.3 Å². The Bertz CT molecular complexity index is 1320. The SMILES string of the molecule is CCC(=O)NC[C@H](NC(=O)CN(Cc1cccc2ccccc12)CC1CCCN1C(=O)Cc1c[nH]cn1)C(=O)O. The van der Waals surface area contributed by atoms with Gasteiger partial charge in [-0.2, -0.15) is 0 Å². The Kier molecular flexibility index (Phi) is 9.85. The van der Waals surface area contributed by atoms with Crippen LogP contribution in [-0.4, -0.2) is 86.8 Å². The lowest BCUT2D eigenvalue weighted by molar-refractivity contribution is -0.142. The van der Waals surface area contributed by atoms with Gasteiger partial charge in [0, 0.05) is 44.8 Å². The summed E-state index contributed by atoms with van der Waals surface area (Å²) in [7, 11) is 0. The quantitative estimate of drug-likeness (QED) is 0.254. The maximum Gasteiger partial charge on any atom is 0.328 e. The minimum atomic E-state index is -1.25. The van der Waals surface area contributed by atoms with Crippen LogP contribution in [0, 0.1) is 0 Å². The number of nitrogens with one attached hydrogen (secondary N) is 3. The Morgan fingerprint density at radius 1 is 1.15 bits per heavy atom. The van der Waals surface area contributed by atoms with Crippen LogP contribution in [0.5, 0.6) is 0 Å². The van der Waals surface area contributed by atoms with Crippen molar-refractivity contribution in [3.63, 3.8) is 0 Å². The number of imidazole rings is 1. The molecule has 4 N–H and O–H groups in total. The van der Waals surface area contributed by atoms with Crippen molar-refractivity contribution in [3.05, 3.63) is 66.2 Å². The molecule has 0 saturated carbocycles. The molecule has 1 saturated heterocycles. The summed E-state index contributed by atoms with van der Waals surface area (Å²) in [6, 6.07) is 12.7. The van der Waals surface area contributed by atoms with Crippen molar-refractivity contribution in [2.24, 2.45) is 0 Å². The number of benzene rings is 2. The van der Waals surface area contributed by atoms with E-state index in [4.69, 9.17) is 0 Å². The number of fused-ring (bicyclic) bond motifs is 1. The van der Waals surface area contributed by atoms with Crippen LogP contribution in [-0.2, 0) is 32.1 Å². The Labute approximate surface area is 232 Å². The standard InChI is InChI=1S/C29H36N6O5/c1-2-26(36)31-15-25(29(39)40)33-27(37)18-34(16-21-9-5-8-20-7-3-4-11-24(20)21)17-23-10-6-12-35(23)28(38)13-22-14-30-19-32-22/h3-5,7-9,11,14,19,23,25H,2,6,10,12-13,15-18H2,1H3,(H,30,32)(H,31,36)(H,33,37)(H,39,40)/t23?,25-/m0/s1. The van der Waals surface area contributed by atoms with Crippen LogP contribution >= 0.6 is 0 Å². The first-order valence-electron chi connectivity index (χ1n) is 13.6. The molecule has 2 aromatic carbocycles. The van der Waals surface area contributed by atoms with E-state index in [0.717, 1.165) is 29.2 Å². The molecule has 1 aliphatic rings. The van der Waals surface area contributed by atoms with Crippen molar-refractivity contribution >= 4 is 34.5 Å². The zero-order valence-corrected chi connectivity index (χ0v) is 22.6. The second kappa shape index (κ2) is 13.7. The molecule has 0 spiro atoms. The Balaban J connectivity index is 1.50. The molecule has 0 bridgehead atoms. The van der Waals surface area contributed by atoms with Gasteiger partial charge in [0.2, 0.25) is 17.7 Å². The molecule has 2 atom stereocenters. The van der Waals surface area contributed by atoms with E-state index in [1.165, 1.54) is 0 Å². The van der Waals surface area contributed by atoms with Crippen molar-refractivity contribution in [3.8, 4) is 0 Å². The number of hydrogen-bond donors (Lipinski definition) is 4. The fourth-order valence-corrected chi connectivity index (χ4v) is 5.14. The van der Waals surface area contributed by atoms with Gasteiger partial charge < -0.3 is 25.6 Å². The lowest BCUT2D eigenvalue weighted by atomic mass is 10.0. The second-order valence-corrected chi connectivity index (χ2v) is 10.0. The van der Waals surface area contributed by atoms with Crippen molar-refractivity contribution in [1.82, 2.24) is 30.4 Å². The number of carbonyl (C=O) groups is 4. The topological polar surface area (TPSA) is 148 Å². The molecule has 11 heteroatoms. The van der Waals surface area contributed by atoms with E-state index >= 15 is 0 Å². The van der Waals surface area contributed by atoms with Crippen LogP contribution in [0.3, 0.4) is 0 Å². The number of rotatable bonds is 13. The number of aromatic amines is 1. The number of nitrogens with zero attached hydrogens (tertiary/aromatic N) is 3. The van der Waals surface area contributed by atoms with E-state index in [0.29, 0.717) is 25.3 Å². The zero-order chi connectivity index (χ0) is 28.5. The molecule has 4 rings (SSSR count). The molecule has 1 unspecified atom stereocenters. The van der Waals surface area contributed by atoms with Gasteiger partial charge in [0.25, 0.3) is 0 Å². The smallest absolute Gasteiger partial charge is 0.328 e. The number of aliphatic carboxylic acids is 1. The average molecular weight is 549 g/mol. The largest absolute Gasteiger partial charge is 0.480 e. The van der Waals surface area contributed by atoms with Crippen molar-refractivity contribution in [1.29, 1.82) is 0 Å². The maximum absolute atomic E-state index is 13.1. The molecule has 0 aliphatic carbocycles. The highest BCUT2D eigenvalue weighted by atomic mass is 16.4. The normalized spacial score (nSPS) is 15.8. The van der Waals surface area contributed by atoms with Crippen LogP contribution < -0.4 is 10.6 Å². The van der Waals surface area contributed by atoms with Gasteiger partial charge in [0.05, 0.1) is 25.0 Å². The third-order valence-corrected chi connectivity index (χ3v) is 7.15. The highest BCUT2D eigenvalue weighted by Gasteiger charge is 2.31. The summed E-state index contributed by atoms with van der Waals surface area (Å²) in [6.45, 7) is 2.94. The van der Waals surface area contributed by atoms with E-state index < -0.39 is 17.9 Å². The predicted molar refractivity (Wildman–Crippen MR) is 149 cm³/mol. The van der Waals surface area contributed by atoms with Gasteiger partial charge in [-0.25, -0.2) is 9.78 Å². The second-order valence-electron chi connectivity index (χ2n) is 10.0. The van der Waals surface area contributed by atoms with Crippen LogP contribution in [0.2, 0.25) is 0 Å². The molecule has 1 aromatic heterocycles. The van der Waals surface area contributed by atoms with Gasteiger partial charge in [0.1, 0.15) is 6.04 Å². The number of aromatic nitrogens is 2. The minimum Gasteiger partial charge on any atom is -0.480 e. The molecular weight excluding hydrogens is 512 g/mol. The summed E-state index contributed by atoms with van der Waals surface area (Å²) in [5.41, 5.74) is 1.71. The number of carbonyl (C=O) groups excluding carboxylic acids is 3. The summed E-state index contributed by atoms with van der Waals surface area (Å²) in [5.74, 6) is -2.00. The van der Waals surface area contributed by atoms with Crippen molar-refractivity contribution in [2.45, 2.75) is 51.2 Å². The Morgan fingerprint density at radius 2 is 1.95 bits per heavy atom. The monoisotopic (exact) mass is 548 g/mol. The van der Waals surface area contributed by atoms with Crippen LogP contribution in [0.25, 0.3) is 10.8 Å². The van der Waals surface area contributed by atoms with Crippen LogP contribution in [0.15, 0.2) is 55.0 Å². The van der Waals surface area contributed by atoms with Gasteiger partial charge in [-0.15, -0.1) is 0 Å². The summed E-state index contributed by atoms with van der Waals surface area (Å²) >= 11 is 0. The number of amides is 3. The minimum absolute atomic E-state index is 0.0123. The van der Waals surface area contributed by atoms with E-state index in [9.17, 15) is 24.3 Å². The van der Waals surface area contributed by atoms with Gasteiger partial charge in [-0.3, -0.25) is 19.3 Å². The van der Waals surface area contributed by atoms with E-state index in [-0.39, 0.29) is 43.8 Å². The predicted octanol–water partition coefficient (Wildman–Crippen LogP) is 1.69. The number of hydrogen-bond acceptors (Lipinski definition) is 6. The van der Waals surface area contributed by atoms with Gasteiger partial charge in [-0.1, -0.05) is 49.4 Å². The fraction of sp³-hybridized carbons (Fsp3) is 0.414. The van der Waals surface area contributed by atoms with Crippen LogP contribution in [0.1, 0.15) is 37.4 Å². The van der Waals surface area contributed by atoms with Gasteiger partial charge >= 0.3 is 5.97 Å². The fourth-order valence-electron chi connectivity index (χ4n) is 5.14. The molecule has 2 heterocycles. The number of carboxylic acids is 1. The molecule has 0 radical (unpaired) electrons. The molecule has 40 heavy (non-hydrogen) atoms. The third-order valence-electron chi connectivity index (χ3n) is 7.15. The lowest BCUT2D eigenvalue weighted by Crippen LogP contribution is -2.52. The van der Waals surface area contributed by atoms with E-state index in [2.05, 4.69) is 20.6 Å². The third kappa shape index (κ3) is 7.66. The van der Waals surface area contributed by atoms with E-state index in [1.54, 1.807) is 19.4 Å².